The lowest BCUT2D eigenvalue weighted by Crippen LogP contribution is -2.39. The molecule has 0 saturated carbocycles. The maximum atomic E-state index is 14.6. The number of benzene rings is 2. The highest BCUT2D eigenvalue weighted by molar-refractivity contribution is 6.01. The van der Waals surface area contributed by atoms with Gasteiger partial charge in [0.15, 0.2) is 5.65 Å². The van der Waals surface area contributed by atoms with E-state index in [1.807, 2.05) is 4.90 Å². The van der Waals surface area contributed by atoms with Gasteiger partial charge < -0.3 is 20.0 Å². The molecule has 1 unspecified atom stereocenters. The topological polar surface area (TPSA) is 115 Å². The van der Waals surface area contributed by atoms with Gasteiger partial charge in [-0.2, -0.15) is 5.10 Å². The van der Waals surface area contributed by atoms with Crippen molar-refractivity contribution in [3.8, 4) is 0 Å². The van der Waals surface area contributed by atoms with E-state index in [-0.39, 0.29) is 29.7 Å². The lowest BCUT2D eigenvalue weighted by molar-refractivity contribution is -0.134. The fourth-order valence-electron chi connectivity index (χ4n) is 8.22. The van der Waals surface area contributed by atoms with Crippen molar-refractivity contribution in [1.29, 1.82) is 0 Å². The number of nitrogens with zero attached hydrogens (tertiary/aromatic N) is 6. The number of piperidine rings is 2. The van der Waals surface area contributed by atoms with Gasteiger partial charge in [-0.15, -0.1) is 0 Å². The molecule has 0 aliphatic carbocycles. The molecular weight excluding hydrogens is 690 g/mol. The van der Waals surface area contributed by atoms with Crippen molar-refractivity contribution >= 4 is 29.2 Å². The lowest BCUT2D eigenvalue weighted by atomic mass is 9.86. The van der Waals surface area contributed by atoms with Gasteiger partial charge in [0, 0.05) is 44.4 Å². The van der Waals surface area contributed by atoms with Crippen molar-refractivity contribution in [3.05, 3.63) is 94.8 Å². The zero-order chi connectivity index (χ0) is 37.6. The average Bonchev–Trinajstić information content (AvgIpc) is 3.84. The Kier molecular flexibility index (Phi) is 11.9. The number of amides is 3. The average molecular weight is 741 g/mol. The Hall–Kier alpha value is -4.75. The molecule has 5 heterocycles. The normalized spacial score (nSPS) is 19.9. The van der Waals surface area contributed by atoms with Gasteiger partial charge in [-0.3, -0.25) is 19.7 Å². The SMILES string of the molecule is CN(CCCCCNC(=O)c1cnn2ccc(N3CCC[C@@H]3c3cc(F)ccc3F)nc12)CCN1CCC(c2ccc(C3CCC(=O)NC3=O)cc2)CC1. The summed E-state index contributed by atoms with van der Waals surface area (Å²) in [6, 6.07) is 13.5. The number of rotatable bonds is 14. The number of likely N-dealkylation sites (N-methyl/N-ethyl adjacent to an activating group) is 1. The van der Waals surface area contributed by atoms with E-state index in [9.17, 15) is 23.2 Å². The molecule has 0 bridgehead atoms. The minimum absolute atomic E-state index is 0.181. The summed E-state index contributed by atoms with van der Waals surface area (Å²) in [6.45, 7) is 6.42. The summed E-state index contributed by atoms with van der Waals surface area (Å²) in [6.07, 6.45) is 10.9. The number of fused-ring (bicyclic) bond motifs is 1. The highest BCUT2D eigenvalue weighted by atomic mass is 19.1. The van der Waals surface area contributed by atoms with Gasteiger partial charge in [-0.1, -0.05) is 30.7 Å². The van der Waals surface area contributed by atoms with Crippen molar-refractivity contribution in [2.45, 2.75) is 75.7 Å². The van der Waals surface area contributed by atoms with Crippen LogP contribution in [0.5, 0.6) is 0 Å². The second kappa shape index (κ2) is 17.2. The number of halogens is 2. The summed E-state index contributed by atoms with van der Waals surface area (Å²) in [4.78, 5) is 48.5. The van der Waals surface area contributed by atoms with E-state index >= 15 is 0 Å². The Morgan fingerprint density at radius 2 is 1.74 bits per heavy atom. The second-order valence-corrected chi connectivity index (χ2v) is 15.0. The summed E-state index contributed by atoms with van der Waals surface area (Å²) >= 11 is 0. The van der Waals surface area contributed by atoms with Gasteiger partial charge in [-0.25, -0.2) is 18.3 Å². The predicted molar refractivity (Wildman–Crippen MR) is 202 cm³/mol. The van der Waals surface area contributed by atoms with Gasteiger partial charge in [-0.05, 0) is 113 Å². The summed E-state index contributed by atoms with van der Waals surface area (Å²) in [7, 11) is 2.17. The maximum absolute atomic E-state index is 14.6. The summed E-state index contributed by atoms with van der Waals surface area (Å²) < 4.78 is 30.2. The quantitative estimate of drug-likeness (QED) is 0.127. The number of nitrogens with one attached hydrogen (secondary N) is 2. The molecular formula is C41H50F2N8O3. The van der Waals surface area contributed by atoms with E-state index < -0.39 is 11.6 Å². The molecule has 3 amide bonds. The van der Waals surface area contributed by atoms with Gasteiger partial charge in [0.25, 0.3) is 5.91 Å². The molecule has 3 saturated heterocycles. The summed E-state index contributed by atoms with van der Waals surface area (Å²) in [5, 5.41) is 9.79. The maximum Gasteiger partial charge on any atom is 0.256 e. The van der Waals surface area contributed by atoms with Crippen LogP contribution in [-0.4, -0.2) is 95.0 Å². The van der Waals surface area contributed by atoms with Crippen LogP contribution < -0.4 is 15.5 Å². The zero-order valence-corrected chi connectivity index (χ0v) is 31.0. The van der Waals surface area contributed by atoms with Crippen LogP contribution >= 0.6 is 0 Å². The minimum atomic E-state index is -0.470. The van der Waals surface area contributed by atoms with Crippen LogP contribution in [0.25, 0.3) is 5.65 Å². The number of carbonyl (C=O) groups is 3. The number of likely N-dealkylation sites (tertiary alicyclic amines) is 1. The third-order valence-corrected chi connectivity index (χ3v) is 11.4. The van der Waals surface area contributed by atoms with Crippen molar-refractivity contribution in [2.24, 2.45) is 0 Å². The first-order valence-corrected chi connectivity index (χ1v) is 19.4. The van der Waals surface area contributed by atoms with E-state index in [1.165, 1.54) is 23.9 Å². The van der Waals surface area contributed by atoms with Crippen molar-refractivity contribution in [3.63, 3.8) is 0 Å². The van der Waals surface area contributed by atoms with Crippen LogP contribution in [0.15, 0.2) is 60.9 Å². The Morgan fingerprint density at radius 1 is 0.944 bits per heavy atom. The minimum Gasteiger partial charge on any atom is -0.352 e. The molecule has 2 aromatic heterocycles. The van der Waals surface area contributed by atoms with Crippen LogP contribution in [0.3, 0.4) is 0 Å². The third-order valence-electron chi connectivity index (χ3n) is 11.4. The first kappa shape index (κ1) is 37.6. The third kappa shape index (κ3) is 8.79. The molecule has 7 rings (SSSR count). The van der Waals surface area contributed by atoms with Crippen LogP contribution in [0.1, 0.15) is 103 Å². The predicted octanol–water partition coefficient (Wildman–Crippen LogP) is 5.58. The number of carbonyl (C=O) groups excluding carboxylic acids is 3. The standard InChI is InChI=1S/C41H50F2N8O3/c1-48(24-25-49-21-15-29(16-22-49)28-7-9-30(10-8-28)32-12-14-38(52)47-41(32)54)19-4-2-3-18-44-40(53)34-27-45-51-23-17-37(46-39(34)51)50-20-5-6-36(50)33-26-31(42)11-13-35(33)43/h7-11,13,17,23,26-27,29,32,36H,2-6,12,14-16,18-22,24-25H2,1H3,(H,44,53)(H,47,52,54)/t32?,36-/m1/s1. The second-order valence-electron chi connectivity index (χ2n) is 15.0. The number of anilines is 1. The van der Waals surface area contributed by atoms with Gasteiger partial charge in [0.1, 0.15) is 23.0 Å². The van der Waals surface area contributed by atoms with Crippen LogP contribution in [0, 0.1) is 11.6 Å². The molecule has 2 aromatic carbocycles. The van der Waals surface area contributed by atoms with E-state index in [2.05, 4.69) is 56.8 Å². The molecule has 3 aliphatic heterocycles. The Morgan fingerprint density at radius 3 is 2.54 bits per heavy atom. The lowest BCUT2D eigenvalue weighted by Gasteiger charge is -2.33. The van der Waals surface area contributed by atoms with E-state index in [0.717, 1.165) is 82.9 Å². The summed E-state index contributed by atoms with van der Waals surface area (Å²) in [5.41, 5.74) is 3.45. The molecule has 3 fully saturated rings. The first-order valence-electron chi connectivity index (χ1n) is 19.4. The number of hydrogen-bond donors (Lipinski definition) is 2. The van der Waals surface area contributed by atoms with E-state index in [0.29, 0.717) is 60.9 Å². The fourth-order valence-corrected chi connectivity index (χ4v) is 8.22. The number of aromatic nitrogens is 3. The highest BCUT2D eigenvalue weighted by Gasteiger charge is 2.31. The smallest absolute Gasteiger partial charge is 0.256 e. The fraction of sp³-hybridized carbons (Fsp3) is 0.488. The summed E-state index contributed by atoms with van der Waals surface area (Å²) in [5.74, 6) is -0.607. The number of hydrogen-bond acceptors (Lipinski definition) is 8. The zero-order valence-electron chi connectivity index (χ0n) is 31.0. The molecule has 2 atom stereocenters. The Balaban J connectivity index is 0.793. The van der Waals surface area contributed by atoms with Crippen molar-refractivity contribution in [1.82, 2.24) is 35.0 Å². The van der Waals surface area contributed by atoms with Crippen molar-refractivity contribution < 1.29 is 23.2 Å². The number of unbranched alkanes of at least 4 members (excludes halogenated alkanes) is 2. The molecule has 0 radical (unpaired) electrons. The highest BCUT2D eigenvalue weighted by Crippen LogP contribution is 2.37. The molecule has 3 aliphatic rings. The number of imide groups is 1. The Labute approximate surface area is 315 Å². The molecule has 286 valence electrons. The molecule has 2 N–H and O–H groups in total. The molecule has 0 spiro atoms. The van der Waals surface area contributed by atoms with Crippen LogP contribution in [0.4, 0.5) is 14.6 Å². The van der Waals surface area contributed by atoms with Crippen LogP contribution in [0.2, 0.25) is 0 Å². The molecule has 4 aromatic rings. The van der Waals surface area contributed by atoms with Gasteiger partial charge in [0.05, 0.1) is 18.2 Å². The molecule has 54 heavy (non-hydrogen) atoms. The van der Waals surface area contributed by atoms with E-state index in [4.69, 9.17) is 4.98 Å². The van der Waals surface area contributed by atoms with Crippen LogP contribution in [-0.2, 0) is 9.59 Å². The Bertz CT molecular complexity index is 1940. The molecule has 11 nitrogen and oxygen atoms in total. The first-order chi connectivity index (χ1) is 26.2. The van der Waals surface area contributed by atoms with E-state index in [1.54, 1.807) is 16.8 Å². The largest absolute Gasteiger partial charge is 0.352 e. The monoisotopic (exact) mass is 740 g/mol. The van der Waals surface area contributed by atoms with Gasteiger partial charge in [0.2, 0.25) is 11.8 Å². The van der Waals surface area contributed by atoms with Gasteiger partial charge >= 0.3 is 0 Å². The van der Waals surface area contributed by atoms with Crippen molar-refractivity contribution in [2.75, 3.05) is 57.8 Å². The molecule has 13 heteroatoms.